The summed E-state index contributed by atoms with van der Waals surface area (Å²) < 4.78 is 36.2. The average Bonchev–Trinajstić information content (AvgIpc) is 3.58. The zero-order valence-corrected chi connectivity index (χ0v) is 29.6. The number of carbonyl (C=O) groups is 4. The van der Waals surface area contributed by atoms with E-state index in [0.29, 0.717) is 25.1 Å². The standard InChI is InChI=1S/C30H44N6O10SSi/c1-6-48(7-2,8-3)46-19(5)25-26-18(4)23(17-34-14-13-21(16-34)33-24(37)15-32-47(31,43)44)27(35(26)28(25)38)30(40)45-29(39)20-9-11-22(12-10-20)36(41)42/h9-12,18-19,21,25-26,32H,6-8,13-17H2,1-5H3,(H,33,37)(H2,31,43,44)/t18-,19+,21-,25+,26+/m0/s1. The van der Waals surface area contributed by atoms with Gasteiger partial charge in [0.1, 0.15) is 5.70 Å². The largest absolute Gasteiger partial charge is 0.413 e. The van der Waals surface area contributed by atoms with Gasteiger partial charge in [-0.05, 0) is 49.2 Å². The number of hydrogen-bond donors (Lipinski definition) is 3. The van der Waals surface area contributed by atoms with Gasteiger partial charge < -0.3 is 19.4 Å². The van der Waals surface area contributed by atoms with Crippen LogP contribution >= 0.6 is 0 Å². The third-order valence-corrected chi connectivity index (χ3v) is 15.1. The maximum Gasteiger partial charge on any atom is 0.362 e. The second-order valence-electron chi connectivity index (χ2n) is 12.6. The number of nitrogens with one attached hydrogen (secondary N) is 2. The van der Waals surface area contributed by atoms with E-state index >= 15 is 0 Å². The molecule has 0 radical (unpaired) electrons. The molecule has 5 atom stereocenters. The number of hydrogen-bond acceptors (Lipinski definition) is 11. The number of fused-ring (bicyclic) bond motifs is 1. The van der Waals surface area contributed by atoms with E-state index in [1.807, 2.05) is 23.5 Å². The molecule has 0 spiro atoms. The lowest BCUT2D eigenvalue weighted by atomic mass is 9.77. The van der Waals surface area contributed by atoms with Crippen molar-refractivity contribution in [2.24, 2.45) is 17.0 Å². The lowest BCUT2D eigenvalue weighted by Crippen LogP contribution is -2.65. The van der Waals surface area contributed by atoms with Gasteiger partial charge in [0.25, 0.3) is 15.9 Å². The molecule has 1 aromatic rings. The molecule has 1 aromatic carbocycles. The molecule has 0 aromatic heterocycles. The van der Waals surface area contributed by atoms with Crippen molar-refractivity contribution >= 4 is 48.0 Å². The smallest absolute Gasteiger partial charge is 0.362 e. The van der Waals surface area contributed by atoms with E-state index in [4.69, 9.17) is 14.3 Å². The normalized spacial score (nSPS) is 23.5. The average molecular weight is 709 g/mol. The predicted molar refractivity (Wildman–Crippen MR) is 176 cm³/mol. The number of ether oxygens (including phenoxy) is 1. The topological polar surface area (TPSA) is 221 Å². The summed E-state index contributed by atoms with van der Waals surface area (Å²) in [4.78, 5) is 66.5. The predicted octanol–water partition coefficient (Wildman–Crippen LogP) is 1.40. The molecule has 2 saturated heterocycles. The fourth-order valence-corrected chi connectivity index (χ4v) is 10.3. The zero-order valence-electron chi connectivity index (χ0n) is 27.8. The number of nitro groups is 1. The van der Waals surface area contributed by atoms with Crippen LogP contribution in [0.3, 0.4) is 0 Å². The first-order chi connectivity index (χ1) is 22.5. The number of nitro benzene ring substituents is 1. The van der Waals surface area contributed by atoms with Crippen LogP contribution in [0.1, 0.15) is 51.4 Å². The highest BCUT2D eigenvalue weighted by atomic mass is 32.2. The zero-order chi connectivity index (χ0) is 35.6. The van der Waals surface area contributed by atoms with Gasteiger partial charge in [-0.15, -0.1) is 0 Å². The van der Waals surface area contributed by atoms with E-state index in [-0.39, 0.29) is 53.5 Å². The summed E-state index contributed by atoms with van der Waals surface area (Å²) in [7, 11) is -6.09. The molecule has 4 rings (SSSR count). The Kier molecular flexibility index (Phi) is 11.6. The van der Waals surface area contributed by atoms with Gasteiger partial charge in [-0.3, -0.25) is 24.6 Å². The summed E-state index contributed by atoms with van der Waals surface area (Å²) in [6.45, 7) is 10.8. The number of rotatable bonds is 15. The molecule has 2 amide bonds. The number of β-lactam (4-membered cyclic amide) rings is 1. The van der Waals surface area contributed by atoms with Crippen molar-refractivity contribution in [2.75, 3.05) is 26.2 Å². The molecule has 0 saturated carbocycles. The van der Waals surface area contributed by atoms with Crippen molar-refractivity contribution in [3.63, 3.8) is 0 Å². The fourth-order valence-electron chi connectivity index (χ4n) is 6.99. The maximum absolute atomic E-state index is 13.8. The van der Waals surface area contributed by atoms with Gasteiger partial charge in [-0.25, -0.2) is 14.7 Å². The van der Waals surface area contributed by atoms with Crippen LogP contribution in [0.15, 0.2) is 35.5 Å². The van der Waals surface area contributed by atoms with E-state index in [2.05, 4.69) is 26.1 Å². The van der Waals surface area contributed by atoms with E-state index in [9.17, 15) is 37.7 Å². The molecule has 0 bridgehead atoms. The minimum absolute atomic E-state index is 0.00830. The van der Waals surface area contributed by atoms with E-state index in [0.717, 1.165) is 30.3 Å². The lowest BCUT2D eigenvalue weighted by molar-refractivity contribution is -0.384. The molecule has 4 N–H and O–H groups in total. The third-order valence-electron chi connectivity index (χ3n) is 9.83. The van der Waals surface area contributed by atoms with Gasteiger partial charge >= 0.3 is 11.9 Å². The fraction of sp³-hybridized carbons (Fsp3) is 0.600. The highest BCUT2D eigenvalue weighted by molar-refractivity contribution is 7.87. The van der Waals surface area contributed by atoms with Crippen LogP contribution in [0.2, 0.25) is 18.1 Å². The highest BCUT2D eigenvalue weighted by Gasteiger charge is 2.61. The van der Waals surface area contributed by atoms with Crippen LogP contribution in [0.5, 0.6) is 0 Å². The Bertz CT molecular complexity index is 1570. The van der Waals surface area contributed by atoms with Crippen LogP contribution in [0, 0.1) is 22.0 Å². The Morgan fingerprint density at radius 2 is 1.75 bits per heavy atom. The van der Waals surface area contributed by atoms with E-state index in [1.54, 1.807) is 0 Å². The molecule has 2 fully saturated rings. The first kappa shape index (κ1) is 37.3. The van der Waals surface area contributed by atoms with Gasteiger partial charge in [-0.1, -0.05) is 27.7 Å². The molecular weight excluding hydrogens is 665 g/mol. The van der Waals surface area contributed by atoms with Crippen molar-refractivity contribution < 1.29 is 41.7 Å². The molecule has 3 heterocycles. The summed E-state index contributed by atoms with van der Waals surface area (Å²) in [5, 5.41) is 18.7. The lowest BCUT2D eigenvalue weighted by Gasteiger charge is -2.49. The molecule has 0 unspecified atom stereocenters. The van der Waals surface area contributed by atoms with Gasteiger partial charge in [0.2, 0.25) is 11.8 Å². The second kappa shape index (κ2) is 14.9. The van der Waals surface area contributed by atoms with E-state index in [1.165, 1.54) is 17.0 Å². The van der Waals surface area contributed by atoms with Crippen LogP contribution in [-0.4, -0.2) is 99.6 Å². The van der Waals surface area contributed by atoms with Crippen molar-refractivity contribution in [1.29, 1.82) is 0 Å². The monoisotopic (exact) mass is 708 g/mol. The number of likely N-dealkylation sites (tertiary alicyclic amines) is 1. The summed E-state index contributed by atoms with van der Waals surface area (Å²) in [6, 6.07) is 6.67. The number of non-ortho nitro benzene ring substituents is 1. The Morgan fingerprint density at radius 3 is 2.31 bits per heavy atom. The quantitative estimate of drug-likeness (QED) is 0.0590. The Morgan fingerprint density at radius 1 is 1.12 bits per heavy atom. The molecule has 264 valence electrons. The number of esters is 2. The minimum Gasteiger partial charge on any atom is -0.413 e. The Hall–Kier alpha value is -3.55. The van der Waals surface area contributed by atoms with Crippen LogP contribution in [0.25, 0.3) is 0 Å². The number of amides is 2. The number of nitrogens with zero attached hydrogens (tertiary/aromatic N) is 3. The highest BCUT2D eigenvalue weighted by Crippen LogP contribution is 2.49. The molecule has 48 heavy (non-hydrogen) atoms. The van der Waals surface area contributed by atoms with E-state index < -0.39 is 53.8 Å². The Labute approximate surface area is 280 Å². The molecule has 16 nitrogen and oxygen atoms in total. The van der Waals surface area contributed by atoms with Gasteiger partial charge in [0.05, 0.1) is 35.1 Å². The van der Waals surface area contributed by atoms with Gasteiger partial charge in [-0.2, -0.15) is 13.1 Å². The SMILES string of the molecule is CC[Si](CC)(CC)O[C@H](C)[C@H]1C(=O)N2C(C(=O)OC(=O)c3ccc([N+](=O)[O-])cc3)=C(CN3CC[C@H](NC(=O)CNS(N)(=O)=O)C3)[C@H](C)[C@H]12. The van der Waals surface area contributed by atoms with Gasteiger partial charge in [0, 0.05) is 43.7 Å². The summed E-state index contributed by atoms with van der Waals surface area (Å²) in [5.41, 5.74) is 0.304. The third kappa shape index (κ3) is 8.00. The molecule has 3 aliphatic rings. The number of nitrogens with two attached hydrogens (primary N) is 1. The summed E-state index contributed by atoms with van der Waals surface area (Å²) in [6.07, 6.45) is 0.168. The van der Waals surface area contributed by atoms with Gasteiger partial charge in [0.15, 0.2) is 8.32 Å². The van der Waals surface area contributed by atoms with Crippen LogP contribution in [0.4, 0.5) is 5.69 Å². The van der Waals surface area contributed by atoms with Crippen LogP contribution in [-0.2, 0) is 33.8 Å². The first-order valence-corrected chi connectivity index (χ1v) is 20.2. The molecule has 0 aliphatic carbocycles. The molecule has 18 heteroatoms. The van der Waals surface area contributed by atoms with Crippen molar-refractivity contribution in [2.45, 2.75) is 77.4 Å². The summed E-state index contributed by atoms with van der Waals surface area (Å²) >= 11 is 0. The number of carbonyl (C=O) groups excluding carboxylic acids is 4. The van der Waals surface area contributed by atoms with Crippen molar-refractivity contribution in [3.05, 3.63) is 51.2 Å². The number of benzene rings is 1. The molecule has 3 aliphatic heterocycles. The van der Waals surface area contributed by atoms with Crippen LogP contribution < -0.4 is 15.2 Å². The minimum atomic E-state index is -4.03. The summed E-state index contributed by atoms with van der Waals surface area (Å²) in [5.74, 6) is -3.63. The van der Waals surface area contributed by atoms with Crippen molar-refractivity contribution in [3.8, 4) is 0 Å². The first-order valence-electron chi connectivity index (χ1n) is 16.1. The Balaban J connectivity index is 1.55. The maximum atomic E-state index is 13.8. The second-order valence-corrected chi connectivity index (χ2v) is 18.7. The van der Waals surface area contributed by atoms with Crippen molar-refractivity contribution in [1.82, 2.24) is 19.8 Å². The molecular formula is C30H44N6O10SSi.